The SMILES string of the molecule is COC(=O)C(CO)NC(=O)C(CO)NC(=O)C(COC(C)(C)C)NC(=O)OC(C)(C)C. The van der Waals surface area contributed by atoms with Gasteiger partial charge in [-0.15, -0.1) is 0 Å². The highest BCUT2D eigenvalue weighted by Crippen LogP contribution is 2.09. The Labute approximate surface area is 182 Å². The molecule has 31 heavy (non-hydrogen) atoms. The number of nitrogens with one attached hydrogen (secondary N) is 3. The Morgan fingerprint density at radius 1 is 0.774 bits per heavy atom. The van der Waals surface area contributed by atoms with Crippen molar-refractivity contribution in [2.24, 2.45) is 0 Å². The molecule has 0 radical (unpaired) electrons. The summed E-state index contributed by atoms with van der Waals surface area (Å²) < 4.78 is 15.1. The molecule has 0 aromatic rings. The topological polar surface area (TPSA) is 173 Å². The number of rotatable bonds is 10. The average molecular weight is 450 g/mol. The number of aliphatic hydroxyl groups excluding tert-OH is 2. The summed E-state index contributed by atoms with van der Waals surface area (Å²) >= 11 is 0. The number of methoxy groups -OCH3 is 1. The molecule has 12 heteroatoms. The summed E-state index contributed by atoms with van der Waals surface area (Å²) in [5.41, 5.74) is -1.44. The zero-order valence-electron chi connectivity index (χ0n) is 19.1. The van der Waals surface area contributed by atoms with Crippen LogP contribution in [-0.4, -0.2) is 90.3 Å². The summed E-state index contributed by atoms with van der Waals surface area (Å²) in [6.45, 7) is 8.41. The molecule has 0 saturated heterocycles. The predicted molar refractivity (Wildman–Crippen MR) is 109 cm³/mol. The number of esters is 1. The molecule has 0 saturated carbocycles. The standard InChI is InChI=1S/C19H35N3O9/c1-18(2,3)30-10-13(22-17(28)31-19(4,5)6)15(26)20-11(8-23)14(25)21-12(9-24)16(27)29-7/h11-13,23-24H,8-10H2,1-7H3,(H,20,26)(H,21,25)(H,22,28). The predicted octanol–water partition coefficient (Wildman–Crippen LogP) is -1.18. The maximum Gasteiger partial charge on any atom is 0.408 e. The Hall–Kier alpha value is -2.44. The van der Waals surface area contributed by atoms with Crippen LogP contribution in [0.4, 0.5) is 4.79 Å². The van der Waals surface area contributed by atoms with Crippen molar-refractivity contribution in [2.45, 2.75) is 70.9 Å². The molecular formula is C19H35N3O9. The highest BCUT2D eigenvalue weighted by atomic mass is 16.6. The minimum absolute atomic E-state index is 0.240. The number of amides is 3. The molecule has 0 bridgehead atoms. The Balaban J connectivity index is 5.30. The molecule has 180 valence electrons. The van der Waals surface area contributed by atoms with Crippen molar-refractivity contribution in [3.63, 3.8) is 0 Å². The lowest BCUT2D eigenvalue weighted by Gasteiger charge is -2.27. The monoisotopic (exact) mass is 449 g/mol. The van der Waals surface area contributed by atoms with Crippen LogP contribution in [0.1, 0.15) is 41.5 Å². The summed E-state index contributed by atoms with van der Waals surface area (Å²) in [4.78, 5) is 48.6. The molecule has 0 aromatic carbocycles. The van der Waals surface area contributed by atoms with E-state index < -0.39 is 66.4 Å². The molecule has 3 unspecified atom stereocenters. The number of alkyl carbamates (subject to hydrolysis) is 1. The van der Waals surface area contributed by atoms with E-state index in [2.05, 4.69) is 20.7 Å². The molecule has 0 rings (SSSR count). The number of hydrogen-bond acceptors (Lipinski definition) is 9. The van der Waals surface area contributed by atoms with Crippen LogP contribution in [0.3, 0.4) is 0 Å². The van der Waals surface area contributed by atoms with E-state index in [1.807, 2.05) is 0 Å². The van der Waals surface area contributed by atoms with Crippen LogP contribution in [-0.2, 0) is 28.6 Å². The Morgan fingerprint density at radius 3 is 1.68 bits per heavy atom. The molecule has 0 aliphatic heterocycles. The first-order valence-corrected chi connectivity index (χ1v) is 9.67. The van der Waals surface area contributed by atoms with Crippen LogP contribution in [0, 0.1) is 0 Å². The summed E-state index contributed by atoms with van der Waals surface area (Å²) in [5, 5.41) is 25.5. The summed E-state index contributed by atoms with van der Waals surface area (Å²) in [7, 11) is 1.07. The molecule has 5 N–H and O–H groups in total. The molecular weight excluding hydrogens is 414 g/mol. The fourth-order valence-corrected chi connectivity index (χ4v) is 2.03. The van der Waals surface area contributed by atoms with Crippen LogP contribution in [0.5, 0.6) is 0 Å². The molecule has 0 spiro atoms. The van der Waals surface area contributed by atoms with Crippen molar-refractivity contribution in [2.75, 3.05) is 26.9 Å². The van der Waals surface area contributed by atoms with Gasteiger partial charge in [0, 0.05) is 0 Å². The third-order valence-corrected chi connectivity index (χ3v) is 3.49. The fraction of sp³-hybridized carbons (Fsp3) is 0.789. The molecule has 3 amide bonds. The van der Waals surface area contributed by atoms with Gasteiger partial charge in [-0.3, -0.25) is 9.59 Å². The van der Waals surface area contributed by atoms with Gasteiger partial charge in [0.2, 0.25) is 11.8 Å². The lowest BCUT2D eigenvalue weighted by Crippen LogP contribution is -2.58. The molecule has 12 nitrogen and oxygen atoms in total. The molecule has 3 atom stereocenters. The Bertz CT molecular complexity index is 626. The summed E-state index contributed by atoms with van der Waals surface area (Å²) in [5.74, 6) is -2.67. The van der Waals surface area contributed by atoms with E-state index >= 15 is 0 Å². The molecule has 0 aliphatic carbocycles. The first kappa shape index (κ1) is 28.6. The van der Waals surface area contributed by atoms with Crippen molar-refractivity contribution in [3.05, 3.63) is 0 Å². The number of aliphatic hydroxyl groups is 2. The van der Waals surface area contributed by atoms with E-state index in [4.69, 9.17) is 9.47 Å². The second-order valence-electron chi connectivity index (χ2n) is 8.63. The van der Waals surface area contributed by atoms with Crippen molar-refractivity contribution in [1.82, 2.24) is 16.0 Å². The highest BCUT2D eigenvalue weighted by Gasteiger charge is 2.31. The second-order valence-corrected chi connectivity index (χ2v) is 8.63. The first-order chi connectivity index (χ1) is 14.1. The van der Waals surface area contributed by atoms with E-state index in [1.54, 1.807) is 41.5 Å². The third-order valence-electron chi connectivity index (χ3n) is 3.49. The van der Waals surface area contributed by atoms with E-state index in [0.29, 0.717) is 0 Å². The van der Waals surface area contributed by atoms with E-state index in [9.17, 15) is 29.4 Å². The van der Waals surface area contributed by atoms with Crippen LogP contribution >= 0.6 is 0 Å². The number of hydrogen-bond donors (Lipinski definition) is 5. The van der Waals surface area contributed by atoms with Gasteiger partial charge in [-0.05, 0) is 41.5 Å². The minimum atomic E-state index is -1.47. The summed E-state index contributed by atoms with van der Waals surface area (Å²) in [6.07, 6.45) is -0.874. The van der Waals surface area contributed by atoms with Crippen LogP contribution in [0.2, 0.25) is 0 Å². The average Bonchev–Trinajstić information content (AvgIpc) is 2.64. The van der Waals surface area contributed by atoms with Gasteiger partial charge in [-0.2, -0.15) is 0 Å². The van der Waals surface area contributed by atoms with Crippen molar-refractivity contribution < 1.29 is 43.6 Å². The van der Waals surface area contributed by atoms with Gasteiger partial charge >= 0.3 is 12.1 Å². The van der Waals surface area contributed by atoms with E-state index in [0.717, 1.165) is 7.11 Å². The zero-order valence-corrected chi connectivity index (χ0v) is 19.1. The van der Waals surface area contributed by atoms with Crippen molar-refractivity contribution in [1.29, 1.82) is 0 Å². The van der Waals surface area contributed by atoms with Crippen LogP contribution < -0.4 is 16.0 Å². The van der Waals surface area contributed by atoms with Gasteiger partial charge in [-0.1, -0.05) is 0 Å². The number of ether oxygens (including phenoxy) is 3. The van der Waals surface area contributed by atoms with Crippen LogP contribution in [0.25, 0.3) is 0 Å². The Morgan fingerprint density at radius 2 is 1.26 bits per heavy atom. The normalized spacial score (nSPS) is 14.6. The van der Waals surface area contributed by atoms with Gasteiger partial charge in [-0.25, -0.2) is 9.59 Å². The third kappa shape index (κ3) is 12.1. The maximum absolute atomic E-state index is 12.7. The quantitative estimate of drug-likeness (QED) is 0.257. The summed E-state index contributed by atoms with van der Waals surface area (Å²) in [6, 6.07) is -4.09. The van der Waals surface area contributed by atoms with Crippen LogP contribution in [0.15, 0.2) is 0 Å². The van der Waals surface area contributed by atoms with Gasteiger partial charge < -0.3 is 40.4 Å². The molecule has 0 fully saturated rings. The molecule has 0 aromatic heterocycles. The van der Waals surface area contributed by atoms with Gasteiger partial charge in [0.25, 0.3) is 0 Å². The molecule has 0 aliphatic rings. The maximum atomic E-state index is 12.7. The zero-order chi connectivity index (χ0) is 24.4. The van der Waals surface area contributed by atoms with Gasteiger partial charge in [0.15, 0.2) is 6.04 Å². The molecule has 0 heterocycles. The van der Waals surface area contributed by atoms with E-state index in [-0.39, 0.29) is 6.61 Å². The van der Waals surface area contributed by atoms with Crippen molar-refractivity contribution in [3.8, 4) is 0 Å². The number of carbonyl (C=O) groups excluding carboxylic acids is 4. The van der Waals surface area contributed by atoms with Gasteiger partial charge in [0.05, 0.1) is 32.5 Å². The second kappa shape index (κ2) is 12.4. The first-order valence-electron chi connectivity index (χ1n) is 9.67. The minimum Gasteiger partial charge on any atom is -0.467 e. The van der Waals surface area contributed by atoms with Crippen molar-refractivity contribution >= 4 is 23.9 Å². The van der Waals surface area contributed by atoms with E-state index in [1.165, 1.54) is 0 Å². The largest absolute Gasteiger partial charge is 0.467 e. The number of carbonyl (C=O) groups is 4. The lowest BCUT2D eigenvalue weighted by molar-refractivity contribution is -0.146. The van der Waals surface area contributed by atoms with Gasteiger partial charge in [0.1, 0.15) is 17.7 Å². The Kier molecular flexibility index (Phi) is 11.4. The lowest BCUT2D eigenvalue weighted by atomic mass is 10.1. The highest BCUT2D eigenvalue weighted by molar-refractivity contribution is 5.93. The smallest absolute Gasteiger partial charge is 0.408 e. The fourth-order valence-electron chi connectivity index (χ4n) is 2.03.